The molecule has 732 valence electrons. The Morgan fingerprint density at radius 2 is 0.523 bits per heavy atom. The van der Waals surface area contributed by atoms with Crippen LogP contribution in [0.1, 0.15) is 118 Å². The standard InChI is InChI=1S/C80H64N2O4.C57H52N2O4/c1-51(2)77(83)85-67-43-29-59(30-44-67)57-23-35-62(36-24-57)81(63-37-25-58(26-38-63)60-31-45-68(46-32-60)86-78(84)52(3)4)61-33-21-55(22-34-61)53-17-19-54(20-18-53)56-27-39-64(40-28-56)82(65-41-47-71-69-13-9-11-15-73(69)79(5,6)75(71)49-65)66-42-48-72-70-14-10-12-16-74(70)80(7,8)76(72)50-66;1-5-55(60)62-53-34-18-45(19-35-53)43-14-26-50(27-15-43)59(51-28-16-44(17-29-51)46-20-36-54(37-21-46)63-56(61)6-2)52-32-24-48(25-33-52)57(38-8-7-9-39-57)47-22-30-49(31-23-47)58(4)40-42-12-10-41(3)11-13-42/h9-50H,1,3H2,2,4-8H3;5-6,10-37H,1-2,7-9,38-40H2,3-4H3. The van der Waals surface area contributed by atoms with Crippen molar-refractivity contribution in [1.29, 1.82) is 0 Å². The van der Waals surface area contributed by atoms with Gasteiger partial charge in [0, 0.05) is 110 Å². The Morgan fingerprint density at radius 3 is 0.812 bits per heavy atom. The number of carbonyl (C=O) groups excluding carboxylic acids is 4. The van der Waals surface area contributed by atoms with E-state index < -0.39 is 23.9 Å². The first kappa shape index (κ1) is 98.4. The van der Waals surface area contributed by atoms with Crippen LogP contribution in [0.25, 0.3) is 89.0 Å². The molecule has 0 atom stereocenters. The lowest BCUT2D eigenvalue weighted by atomic mass is 9.65. The van der Waals surface area contributed by atoms with Gasteiger partial charge < -0.3 is 38.5 Å². The molecule has 0 spiro atoms. The minimum absolute atomic E-state index is 0.0575. The second kappa shape index (κ2) is 42.4. The van der Waals surface area contributed by atoms with Crippen LogP contribution in [-0.4, -0.2) is 30.9 Å². The highest BCUT2D eigenvalue weighted by molar-refractivity contribution is 5.93. The maximum Gasteiger partial charge on any atom is 0.338 e. The molecular weight excluding hydrogens is 1830 g/mol. The summed E-state index contributed by atoms with van der Waals surface area (Å²) in [5.41, 5.74) is 39.6. The molecule has 0 bridgehead atoms. The van der Waals surface area contributed by atoms with E-state index in [0.29, 0.717) is 34.1 Å². The summed E-state index contributed by atoms with van der Waals surface area (Å²) in [6, 6.07) is 150. The van der Waals surface area contributed by atoms with Gasteiger partial charge in [0.15, 0.2) is 0 Å². The summed E-state index contributed by atoms with van der Waals surface area (Å²) in [5.74, 6) is -0.00483. The number of fused-ring (bicyclic) bond motifs is 6. The van der Waals surface area contributed by atoms with E-state index in [1.165, 1.54) is 91.7 Å². The minimum Gasteiger partial charge on any atom is -0.423 e. The molecule has 12 heteroatoms. The van der Waals surface area contributed by atoms with Crippen molar-refractivity contribution in [2.24, 2.45) is 0 Å². The van der Waals surface area contributed by atoms with Gasteiger partial charge in [-0.05, 0) is 331 Å². The van der Waals surface area contributed by atoms with E-state index in [-0.39, 0.29) is 16.2 Å². The number of hydrogen-bond acceptors (Lipinski definition) is 12. The molecule has 1 fully saturated rings. The molecule has 149 heavy (non-hydrogen) atoms. The average molecular weight is 1950 g/mol. The van der Waals surface area contributed by atoms with Crippen LogP contribution in [0.5, 0.6) is 23.0 Å². The predicted octanol–water partition coefficient (Wildman–Crippen LogP) is 34.7. The Morgan fingerprint density at radius 1 is 0.282 bits per heavy atom. The highest BCUT2D eigenvalue weighted by Crippen LogP contribution is 2.55. The van der Waals surface area contributed by atoms with E-state index in [4.69, 9.17) is 18.9 Å². The number of rotatable bonds is 28. The van der Waals surface area contributed by atoms with Gasteiger partial charge in [0.1, 0.15) is 23.0 Å². The summed E-state index contributed by atoms with van der Waals surface area (Å²) < 4.78 is 21.5. The molecule has 0 saturated heterocycles. The molecule has 0 radical (unpaired) electrons. The van der Waals surface area contributed by atoms with Gasteiger partial charge >= 0.3 is 23.9 Å². The minimum atomic E-state index is -0.487. The van der Waals surface area contributed by atoms with E-state index in [1.54, 1.807) is 62.4 Å². The van der Waals surface area contributed by atoms with E-state index in [0.717, 1.165) is 149 Å². The summed E-state index contributed by atoms with van der Waals surface area (Å²) in [7, 11) is 2.17. The Hall–Kier alpha value is -18.0. The van der Waals surface area contributed by atoms with E-state index in [1.807, 2.05) is 48.5 Å². The van der Waals surface area contributed by atoms with Gasteiger partial charge in [0.2, 0.25) is 0 Å². The highest BCUT2D eigenvalue weighted by atomic mass is 16.5. The Labute approximate surface area is 873 Å². The maximum absolute atomic E-state index is 12.2. The molecular formula is C137H116N4O8. The molecule has 0 unspecified atom stereocenters. The van der Waals surface area contributed by atoms with Crippen LogP contribution in [0.15, 0.2) is 474 Å². The third-order valence-electron chi connectivity index (χ3n) is 29.4. The SMILES string of the molecule is C=C(C)C(=O)Oc1ccc(-c2ccc(N(c3ccc(-c4ccc(OC(=O)C(=C)C)cc4)cc3)c3ccc(-c4ccc(-c5ccc(N(c6ccc7c(c6)C(C)(C)c6ccccc6-7)c6ccc7c(c6)C(C)(C)c6ccccc6-7)cc5)cc4)cc3)cc2)cc1.C=CC(=O)Oc1ccc(-c2ccc(N(c3ccc(-c4ccc(OC(=O)C=C)cc4)cc3)c3ccc(C4(c5ccc(N(C)Cc6ccc(C)cc6)cc5)CCCCC4)cc3)cc2)cc1. The van der Waals surface area contributed by atoms with Crippen LogP contribution < -0.4 is 38.5 Å². The van der Waals surface area contributed by atoms with Gasteiger partial charge in [0.05, 0.1) is 0 Å². The third-order valence-corrected chi connectivity index (χ3v) is 29.4. The molecule has 0 N–H and O–H groups in total. The second-order valence-corrected chi connectivity index (χ2v) is 39.9. The molecule has 3 aliphatic rings. The zero-order valence-corrected chi connectivity index (χ0v) is 85.2. The van der Waals surface area contributed by atoms with E-state index in [2.05, 4.69) is 415 Å². The van der Waals surface area contributed by atoms with Crippen molar-refractivity contribution in [1.82, 2.24) is 0 Å². The van der Waals surface area contributed by atoms with Crippen LogP contribution in [0.2, 0.25) is 0 Å². The number of aryl methyl sites for hydroxylation is 1. The van der Waals surface area contributed by atoms with Crippen molar-refractivity contribution in [3.8, 4) is 112 Å². The Balaban J connectivity index is 0.000000190. The highest BCUT2D eigenvalue weighted by Gasteiger charge is 2.40. The van der Waals surface area contributed by atoms with Crippen molar-refractivity contribution >= 4 is 80.8 Å². The second-order valence-electron chi connectivity index (χ2n) is 39.9. The first-order valence-electron chi connectivity index (χ1n) is 50.7. The van der Waals surface area contributed by atoms with Gasteiger partial charge in [-0.1, -0.05) is 334 Å². The number of anilines is 10. The quantitative estimate of drug-likeness (QED) is 0.0264. The van der Waals surface area contributed by atoms with Crippen LogP contribution >= 0.6 is 0 Å². The normalized spacial score (nSPS) is 13.0. The van der Waals surface area contributed by atoms with Gasteiger partial charge in [-0.15, -0.1) is 0 Å². The van der Waals surface area contributed by atoms with E-state index in [9.17, 15) is 19.2 Å². The Kier molecular flexibility index (Phi) is 28.0. The fourth-order valence-corrected chi connectivity index (χ4v) is 21.2. The molecule has 0 aromatic heterocycles. The fourth-order valence-electron chi connectivity index (χ4n) is 21.2. The average Bonchev–Trinajstić information content (AvgIpc) is 1.58. The number of hydrogen-bond donors (Lipinski definition) is 0. The van der Waals surface area contributed by atoms with Crippen LogP contribution in [0, 0.1) is 6.92 Å². The topological polar surface area (TPSA) is 118 Å². The van der Waals surface area contributed by atoms with Crippen molar-refractivity contribution < 1.29 is 38.1 Å². The summed E-state index contributed by atoms with van der Waals surface area (Å²) in [5, 5.41) is 0. The predicted molar refractivity (Wildman–Crippen MR) is 611 cm³/mol. The monoisotopic (exact) mass is 1940 g/mol. The molecule has 12 nitrogen and oxygen atoms in total. The molecule has 18 aromatic carbocycles. The maximum atomic E-state index is 12.2. The van der Waals surface area contributed by atoms with Gasteiger partial charge in [-0.2, -0.15) is 0 Å². The smallest absolute Gasteiger partial charge is 0.338 e. The summed E-state index contributed by atoms with van der Waals surface area (Å²) in [6.07, 6.45) is 8.21. The van der Waals surface area contributed by atoms with E-state index >= 15 is 0 Å². The number of esters is 4. The largest absolute Gasteiger partial charge is 0.423 e. The molecule has 1 saturated carbocycles. The van der Waals surface area contributed by atoms with Crippen LogP contribution in [-0.2, 0) is 42.0 Å². The molecule has 0 amide bonds. The van der Waals surface area contributed by atoms with Crippen molar-refractivity contribution in [3.63, 3.8) is 0 Å². The number of benzene rings is 18. The van der Waals surface area contributed by atoms with Crippen molar-refractivity contribution in [2.45, 2.75) is 103 Å². The van der Waals surface area contributed by atoms with Crippen molar-refractivity contribution in [2.75, 3.05) is 26.6 Å². The lowest BCUT2D eigenvalue weighted by Crippen LogP contribution is -2.30. The zero-order chi connectivity index (χ0) is 103. The first-order chi connectivity index (χ1) is 72.3. The number of carbonyl (C=O) groups is 4. The third kappa shape index (κ3) is 20.8. The van der Waals surface area contributed by atoms with Crippen LogP contribution in [0.4, 0.5) is 56.9 Å². The molecule has 3 aliphatic carbocycles. The lowest BCUT2D eigenvalue weighted by Gasteiger charge is -2.39. The van der Waals surface area contributed by atoms with Gasteiger partial charge in [0.25, 0.3) is 0 Å². The molecule has 0 aliphatic heterocycles. The van der Waals surface area contributed by atoms with Crippen LogP contribution in [0.3, 0.4) is 0 Å². The Bertz CT molecular complexity index is 7700. The molecule has 21 rings (SSSR count). The fraction of sp³-hybridized carbons (Fsp3) is 0.124. The number of nitrogens with zero attached hydrogens (tertiary/aromatic N) is 4. The lowest BCUT2D eigenvalue weighted by molar-refractivity contribution is -0.130. The van der Waals surface area contributed by atoms with Gasteiger partial charge in [-0.25, -0.2) is 19.2 Å². The summed E-state index contributed by atoms with van der Waals surface area (Å²) in [6.45, 7) is 30.0. The first-order valence-corrected chi connectivity index (χ1v) is 50.7. The molecule has 0 heterocycles. The zero-order valence-electron chi connectivity index (χ0n) is 85.2. The summed E-state index contributed by atoms with van der Waals surface area (Å²) >= 11 is 0. The molecule has 18 aromatic rings. The van der Waals surface area contributed by atoms with Gasteiger partial charge in [-0.3, -0.25) is 0 Å². The number of ether oxygens (including phenoxy) is 4. The summed E-state index contributed by atoms with van der Waals surface area (Å²) in [4.78, 5) is 57.0. The van der Waals surface area contributed by atoms with Crippen molar-refractivity contribution in [3.05, 3.63) is 519 Å².